The number of amides is 1. The molecule has 0 bridgehead atoms. The lowest BCUT2D eigenvalue weighted by Gasteiger charge is -2.27. The van der Waals surface area contributed by atoms with Gasteiger partial charge in [0.2, 0.25) is 0 Å². The minimum Gasteiger partial charge on any atom is -0.484 e. The maximum absolute atomic E-state index is 13.4. The van der Waals surface area contributed by atoms with Crippen molar-refractivity contribution in [3.8, 4) is 17.0 Å². The third-order valence-corrected chi connectivity index (χ3v) is 5.92. The van der Waals surface area contributed by atoms with E-state index in [1.807, 2.05) is 24.3 Å². The lowest BCUT2D eigenvalue weighted by Crippen LogP contribution is -2.39. The molecule has 31 heavy (non-hydrogen) atoms. The van der Waals surface area contributed by atoms with E-state index >= 15 is 0 Å². The summed E-state index contributed by atoms with van der Waals surface area (Å²) in [6.07, 6.45) is 5.06. The molecule has 1 aliphatic carbocycles. The Morgan fingerprint density at radius 2 is 1.87 bits per heavy atom. The van der Waals surface area contributed by atoms with E-state index in [-0.39, 0.29) is 35.2 Å². The molecular formula is C23H21Cl2FN2O3. The predicted molar refractivity (Wildman–Crippen MR) is 117 cm³/mol. The second-order valence-corrected chi connectivity index (χ2v) is 8.40. The Morgan fingerprint density at radius 3 is 2.58 bits per heavy atom. The molecule has 1 saturated carbocycles. The lowest BCUT2D eigenvalue weighted by atomic mass is 9.86. The Balaban J connectivity index is 1.24. The SMILES string of the molecule is O=C(COc1ccc(Cl)c(F)c1)N[C@H]1CC[C@H](c2nc(-c3ccc(Cl)cc3)co2)CC1. The summed E-state index contributed by atoms with van der Waals surface area (Å²) in [4.78, 5) is 16.8. The second kappa shape index (κ2) is 9.71. The molecule has 1 fully saturated rings. The molecule has 0 saturated heterocycles. The molecule has 0 unspecified atom stereocenters. The van der Waals surface area contributed by atoms with Gasteiger partial charge in [0.1, 0.15) is 23.5 Å². The van der Waals surface area contributed by atoms with Crippen molar-refractivity contribution in [1.82, 2.24) is 10.3 Å². The van der Waals surface area contributed by atoms with Gasteiger partial charge in [0.05, 0.1) is 5.02 Å². The fourth-order valence-electron chi connectivity index (χ4n) is 3.70. The molecule has 0 aliphatic heterocycles. The van der Waals surface area contributed by atoms with Crippen molar-refractivity contribution in [3.05, 3.63) is 70.5 Å². The molecule has 2 aromatic carbocycles. The first-order valence-corrected chi connectivity index (χ1v) is 10.8. The van der Waals surface area contributed by atoms with E-state index < -0.39 is 5.82 Å². The Kier molecular flexibility index (Phi) is 6.78. The number of oxazole rings is 1. The highest BCUT2D eigenvalue weighted by Crippen LogP contribution is 2.34. The van der Waals surface area contributed by atoms with Gasteiger partial charge >= 0.3 is 0 Å². The number of hydrogen-bond donors (Lipinski definition) is 1. The zero-order valence-electron chi connectivity index (χ0n) is 16.6. The summed E-state index contributed by atoms with van der Waals surface area (Å²) in [5.74, 6) is 0.398. The smallest absolute Gasteiger partial charge is 0.258 e. The van der Waals surface area contributed by atoms with Crippen LogP contribution in [0.25, 0.3) is 11.3 Å². The Morgan fingerprint density at radius 1 is 1.13 bits per heavy atom. The van der Waals surface area contributed by atoms with Gasteiger partial charge in [0, 0.05) is 28.6 Å². The number of hydrogen-bond acceptors (Lipinski definition) is 4. The van der Waals surface area contributed by atoms with Crippen LogP contribution in [0.3, 0.4) is 0 Å². The van der Waals surface area contributed by atoms with Gasteiger partial charge in [-0.1, -0.05) is 35.3 Å². The summed E-state index contributed by atoms with van der Waals surface area (Å²) in [6, 6.07) is 11.6. The highest BCUT2D eigenvalue weighted by Gasteiger charge is 2.26. The van der Waals surface area contributed by atoms with E-state index in [1.54, 1.807) is 6.26 Å². The van der Waals surface area contributed by atoms with Crippen LogP contribution < -0.4 is 10.1 Å². The van der Waals surface area contributed by atoms with Gasteiger partial charge in [-0.3, -0.25) is 4.79 Å². The van der Waals surface area contributed by atoms with Crippen molar-refractivity contribution >= 4 is 29.1 Å². The molecular weight excluding hydrogens is 442 g/mol. The number of carbonyl (C=O) groups excluding carboxylic acids is 1. The van der Waals surface area contributed by atoms with E-state index in [2.05, 4.69) is 10.3 Å². The van der Waals surface area contributed by atoms with Crippen molar-refractivity contribution in [3.63, 3.8) is 0 Å². The van der Waals surface area contributed by atoms with Crippen molar-refractivity contribution in [2.45, 2.75) is 37.6 Å². The van der Waals surface area contributed by atoms with E-state index in [1.165, 1.54) is 12.1 Å². The molecule has 4 rings (SSSR count). The van der Waals surface area contributed by atoms with Crippen LogP contribution in [0, 0.1) is 5.82 Å². The van der Waals surface area contributed by atoms with Crippen molar-refractivity contribution in [1.29, 1.82) is 0 Å². The highest BCUT2D eigenvalue weighted by atomic mass is 35.5. The van der Waals surface area contributed by atoms with Gasteiger partial charge in [0.25, 0.3) is 5.91 Å². The number of aromatic nitrogens is 1. The molecule has 1 amide bonds. The Hall–Kier alpha value is -2.57. The van der Waals surface area contributed by atoms with Crippen molar-refractivity contribution in [2.24, 2.45) is 0 Å². The minimum atomic E-state index is -0.580. The first-order chi connectivity index (χ1) is 15.0. The van der Waals surface area contributed by atoms with Crippen LogP contribution in [0.5, 0.6) is 5.75 Å². The first-order valence-electron chi connectivity index (χ1n) is 10.1. The molecule has 1 aromatic heterocycles. The van der Waals surface area contributed by atoms with Gasteiger partial charge in [-0.25, -0.2) is 9.37 Å². The molecule has 3 aromatic rings. The van der Waals surface area contributed by atoms with Gasteiger partial charge in [0.15, 0.2) is 12.5 Å². The highest BCUT2D eigenvalue weighted by molar-refractivity contribution is 6.31. The second-order valence-electron chi connectivity index (χ2n) is 7.56. The predicted octanol–water partition coefficient (Wildman–Crippen LogP) is 6.01. The molecule has 1 aliphatic rings. The number of carbonyl (C=O) groups is 1. The molecule has 8 heteroatoms. The number of nitrogens with one attached hydrogen (secondary N) is 1. The number of rotatable bonds is 6. The van der Waals surface area contributed by atoms with Crippen molar-refractivity contribution in [2.75, 3.05) is 6.61 Å². The normalized spacial score (nSPS) is 18.5. The number of benzene rings is 2. The van der Waals surface area contributed by atoms with Gasteiger partial charge in [-0.2, -0.15) is 0 Å². The van der Waals surface area contributed by atoms with Gasteiger partial charge in [-0.05, 0) is 49.9 Å². The van der Waals surface area contributed by atoms with Crippen LogP contribution in [0.2, 0.25) is 10.0 Å². The fraction of sp³-hybridized carbons (Fsp3) is 0.304. The van der Waals surface area contributed by atoms with Crippen LogP contribution in [0.15, 0.2) is 53.1 Å². The maximum Gasteiger partial charge on any atom is 0.258 e. The zero-order valence-corrected chi connectivity index (χ0v) is 18.1. The van der Waals surface area contributed by atoms with Crippen LogP contribution >= 0.6 is 23.2 Å². The quantitative estimate of drug-likeness (QED) is 0.487. The molecule has 0 spiro atoms. The van der Waals surface area contributed by atoms with E-state index in [4.69, 9.17) is 32.4 Å². The van der Waals surface area contributed by atoms with Crippen molar-refractivity contribution < 1.29 is 18.3 Å². The number of halogens is 3. The monoisotopic (exact) mass is 462 g/mol. The molecule has 162 valence electrons. The largest absolute Gasteiger partial charge is 0.484 e. The van der Waals surface area contributed by atoms with Crippen LogP contribution in [0.1, 0.15) is 37.5 Å². The average Bonchev–Trinajstić information content (AvgIpc) is 3.26. The minimum absolute atomic E-state index is 0.0138. The number of ether oxygens (including phenoxy) is 1. The average molecular weight is 463 g/mol. The third kappa shape index (κ3) is 5.57. The van der Waals surface area contributed by atoms with Crippen LogP contribution in [-0.4, -0.2) is 23.5 Å². The number of nitrogens with zero attached hydrogens (tertiary/aromatic N) is 1. The summed E-state index contributed by atoms with van der Waals surface area (Å²) in [6.45, 7) is -0.175. The molecule has 1 heterocycles. The van der Waals surface area contributed by atoms with Crippen LogP contribution in [-0.2, 0) is 4.79 Å². The summed E-state index contributed by atoms with van der Waals surface area (Å²) in [7, 11) is 0. The lowest BCUT2D eigenvalue weighted by molar-refractivity contribution is -0.124. The molecule has 0 radical (unpaired) electrons. The van der Waals surface area contributed by atoms with Gasteiger partial charge < -0.3 is 14.5 Å². The standard InChI is InChI=1S/C23H21Cl2FN2O3/c24-16-5-1-14(2-6-16)21-12-31-23(28-21)15-3-7-17(8-4-15)27-22(29)13-30-18-9-10-19(25)20(26)11-18/h1-2,5-6,9-12,15,17H,3-4,7-8,13H2,(H,27,29)/t15-,17-. The Labute approximate surface area is 189 Å². The summed E-state index contributed by atoms with van der Waals surface area (Å²) in [5.41, 5.74) is 1.75. The van der Waals surface area contributed by atoms with E-state index in [0.717, 1.165) is 48.9 Å². The first kappa shape index (κ1) is 21.7. The molecule has 0 atom stereocenters. The van der Waals surface area contributed by atoms with E-state index in [9.17, 15) is 9.18 Å². The third-order valence-electron chi connectivity index (χ3n) is 5.36. The summed E-state index contributed by atoms with van der Waals surface area (Å²) < 4.78 is 24.5. The topological polar surface area (TPSA) is 64.4 Å². The van der Waals surface area contributed by atoms with Gasteiger partial charge in [-0.15, -0.1) is 0 Å². The summed E-state index contributed by atoms with van der Waals surface area (Å²) in [5, 5.41) is 3.67. The van der Waals surface area contributed by atoms with E-state index in [0.29, 0.717) is 5.02 Å². The summed E-state index contributed by atoms with van der Waals surface area (Å²) >= 11 is 11.6. The molecule has 1 N–H and O–H groups in total. The molecule has 5 nitrogen and oxygen atoms in total. The van der Waals surface area contributed by atoms with Crippen LogP contribution in [0.4, 0.5) is 4.39 Å². The fourth-order valence-corrected chi connectivity index (χ4v) is 3.94. The maximum atomic E-state index is 13.4. The zero-order chi connectivity index (χ0) is 21.8. The Bertz CT molecular complexity index is 1050.